The maximum Gasteiger partial charge on any atom is 0.396 e. The van der Waals surface area contributed by atoms with Crippen LogP contribution in [0.3, 0.4) is 0 Å². The van der Waals surface area contributed by atoms with Crippen molar-refractivity contribution in [2.24, 2.45) is 0 Å². The molecular weight excluding hydrogens is 234 g/mol. The summed E-state index contributed by atoms with van der Waals surface area (Å²) in [4.78, 5) is 13.7. The molecule has 3 nitrogen and oxygen atoms in total. The zero-order chi connectivity index (χ0) is 13.0. The number of nitrogens with zero attached hydrogens (tertiary/aromatic N) is 1. The summed E-state index contributed by atoms with van der Waals surface area (Å²) in [6, 6.07) is 0. The lowest BCUT2D eigenvalue weighted by atomic mass is 10.6. The summed E-state index contributed by atoms with van der Waals surface area (Å²) in [7, 11) is -3.10. The van der Waals surface area contributed by atoms with E-state index in [1.165, 1.54) is 0 Å². The first-order valence-electron chi connectivity index (χ1n) is 5.64. The molecule has 0 aliphatic carbocycles. The van der Waals surface area contributed by atoms with Gasteiger partial charge < -0.3 is 9.33 Å². The molecule has 0 radical (unpaired) electrons. The molecule has 94 valence electrons. The first kappa shape index (κ1) is 15.4. The van der Waals surface area contributed by atoms with Crippen LogP contribution >= 0.6 is 0 Å². The van der Waals surface area contributed by atoms with Gasteiger partial charge in [-0.05, 0) is 19.6 Å². The summed E-state index contributed by atoms with van der Waals surface area (Å²) < 4.78 is 5.50. The van der Waals surface area contributed by atoms with Gasteiger partial charge in [-0.3, -0.25) is 0 Å². The Morgan fingerprint density at radius 2 is 1.75 bits per heavy atom. The Bertz CT molecular complexity index is 254. The second-order valence-corrected chi connectivity index (χ2v) is 16.1. The molecule has 0 bridgehead atoms. The van der Waals surface area contributed by atoms with Crippen molar-refractivity contribution in [1.29, 1.82) is 0 Å². The van der Waals surface area contributed by atoms with Crippen molar-refractivity contribution in [1.82, 2.24) is 4.90 Å². The molecule has 0 N–H and O–H groups in total. The van der Waals surface area contributed by atoms with Crippen LogP contribution < -0.4 is 0 Å². The normalized spacial score (nSPS) is 12.1. The summed E-state index contributed by atoms with van der Waals surface area (Å²) in [6.45, 7) is 17.0. The zero-order valence-corrected chi connectivity index (χ0v) is 13.5. The standard InChI is InChI=1S/C11H25NO2Si2/c1-8-9-12(10-15(2,3)4)11(13)14-16(5,6)7/h8H,1,9-10H2,2-7H3. The molecule has 0 saturated carbocycles. The molecule has 0 aromatic rings. The topological polar surface area (TPSA) is 29.5 Å². The Hall–Kier alpha value is -0.556. The van der Waals surface area contributed by atoms with E-state index in [1.807, 2.05) is 19.6 Å². The molecule has 0 heterocycles. The van der Waals surface area contributed by atoms with Gasteiger partial charge in [0.2, 0.25) is 8.32 Å². The van der Waals surface area contributed by atoms with Crippen LogP contribution in [-0.2, 0) is 4.43 Å². The van der Waals surface area contributed by atoms with E-state index < -0.39 is 16.4 Å². The van der Waals surface area contributed by atoms with Gasteiger partial charge in [0, 0.05) is 12.7 Å². The van der Waals surface area contributed by atoms with Gasteiger partial charge in [-0.15, -0.1) is 6.58 Å². The highest BCUT2D eigenvalue weighted by Gasteiger charge is 2.27. The fourth-order valence-corrected chi connectivity index (χ4v) is 3.31. The molecule has 0 rings (SSSR count). The lowest BCUT2D eigenvalue weighted by Gasteiger charge is -2.30. The third kappa shape index (κ3) is 7.70. The van der Waals surface area contributed by atoms with Gasteiger partial charge in [-0.25, -0.2) is 4.79 Å². The van der Waals surface area contributed by atoms with Crippen LogP contribution in [0.25, 0.3) is 0 Å². The van der Waals surface area contributed by atoms with Crippen LogP contribution in [0, 0.1) is 0 Å². The van der Waals surface area contributed by atoms with E-state index in [4.69, 9.17) is 4.43 Å². The van der Waals surface area contributed by atoms with Gasteiger partial charge in [0.05, 0.1) is 8.07 Å². The Labute approximate surface area is 102 Å². The molecule has 0 saturated heterocycles. The highest BCUT2D eigenvalue weighted by atomic mass is 28.4. The largest absolute Gasteiger partial charge is 0.504 e. The predicted octanol–water partition coefficient (Wildman–Crippen LogP) is 3.32. The highest BCUT2D eigenvalue weighted by molar-refractivity contribution is 6.76. The molecule has 0 aromatic heterocycles. The number of carbonyl (C=O) groups is 1. The number of hydrogen-bond donors (Lipinski definition) is 0. The maximum absolute atomic E-state index is 11.9. The van der Waals surface area contributed by atoms with Gasteiger partial charge in [-0.1, -0.05) is 25.7 Å². The molecular formula is C11H25NO2Si2. The van der Waals surface area contributed by atoms with E-state index >= 15 is 0 Å². The highest BCUT2D eigenvalue weighted by Crippen LogP contribution is 2.10. The molecule has 0 aliphatic heterocycles. The quantitative estimate of drug-likeness (QED) is 0.560. The van der Waals surface area contributed by atoms with Crippen molar-refractivity contribution < 1.29 is 9.22 Å². The average Bonchev–Trinajstić information content (AvgIpc) is 1.97. The number of carbonyl (C=O) groups excluding carboxylic acids is 1. The van der Waals surface area contributed by atoms with Crippen molar-refractivity contribution in [3.05, 3.63) is 12.7 Å². The minimum absolute atomic E-state index is 0.179. The average molecular weight is 259 g/mol. The van der Waals surface area contributed by atoms with E-state index in [0.29, 0.717) is 6.54 Å². The van der Waals surface area contributed by atoms with Crippen molar-refractivity contribution in [2.75, 3.05) is 12.7 Å². The second kappa shape index (κ2) is 5.68. The number of hydrogen-bond acceptors (Lipinski definition) is 2. The third-order valence-electron chi connectivity index (χ3n) is 1.67. The maximum atomic E-state index is 11.9. The van der Waals surface area contributed by atoms with E-state index in [2.05, 4.69) is 26.2 Å². The molecule has 0 aliphatic rings. The smallest absolute Gasteiger partial charge is 0.396 e. The van der Waals surface area contributed by atoms with E-state index in [9.17, 15) is 4.79 Å². The van der Waals surface area contributed by atoms with Gasteiger partial charge in [0.1, 0.15) is 0 Å². The molecule has 0 aromatic carbocycles. The van der Waals surface area contributed by atoms with Crippen LogP contribution in [0.2, 0.25) is 39.3 Å². The lowest BCUT2D eigenvalue weighted by molar-refractivity contribution is 0.162. The molecule has 0 fully saturated rings. The molecule has 16 heavy (non-hydrogen) atoms. The fourth-order valence-electron chi connectivity index (χ4n) is 1.26. The van der Waals surface area contributed by atoms with Crippen molar-refractivity contribution in [3.63, 3.8) is 0 Å². The minimum Gasteiger partial charge on any atom is -0.504 e. The van der Waals surface area contributed by atoms with Gasteiger partial charge in [0.15, 0.2) is 0 Å². The molecule has 0 atom stereocenters. The van der Waals surface area contributed by atoms with E-state index in [0.717, 1.165) is 6.17 Å². The molecule has 0 unspecified atom stereocenters. The fraction of sp³-hybridized carbons (Fsp3) is 0.727. The van der Waals surface area contributed by atoms with Crippen LogP contribution in [0.1, 0.15) is 0 Å². The van der Waals surface area contributed by atoms with Crippen molar-refractivity contribution >= 4 is 22.5 Å². The minimum atomic E-state index is -1.80. The van der Waals surface area contributed by atoms with Crippen molar-refractivity contribution in [3.8, 4) is 0 Å². The van der Waals surface area contributed by atoms with Gasteiger partial charge >= 0.3 is 6.09 Å². The molecule has 1 amide bonds. The molecule has 5 heteroatoms. The summed E-state index contributed by atoms with van der Waals surface area (Å²) in [5.74, 6) is 0. The number of rotatable bonds is 5. The second-order valence-electron chi connectivity index (χ2n) is 6.21. The molecule has 0 spiro atoms. The van der Waals surface area contributed by atoms with Gasteiger partial charge in [-0.2, -0.15) is 0 Å². The van der Waals surface area contributed by atoms with Crippen LogP contribution in [0.15, 0.2) is 12.7 Å². The summed E-state index contributed by atoms with van der Waals surface area (Å²) in [6.07, 6.45) is 2.40. The Balaban J connectivity index is 4.53. The first-order chi connectivity index (χ1) is 7.05. The zero-order valence-electron chi connectivity index (χ0n) is 11.5. The van der Waals surface area contributed by atoms with Crippen LogP contribution in [0.5, 0.6) is 0 Å². The summed E-state index contributed by atoms with van der Waals surface area (Å²) in [5.41, 5.74) is 0. The van der Waals surface area contributed by atoms with Crippen LogP contribution in [0.4, 0.5) is 4.79 Å². The summed E-state index contributed by atoms with van der Waals surface area (Å²) in [5, 5.41) is 0. The number of amides is 1. The Kier molecular flexibility index (Phi) is 5.48. The SMILES string of the molecule is C=CCN(C[Si](C)(C)C)C(=O)O[Si](C)(C)C. The van der Waals surface area contributed by atoms with Gasteiger partial charge in [0.25, 0.3) is 0 Å². The van der Waals surface area contributed by atoms with Crippen molar-refractivity contribution in [2.45, 2.75) is 39.3 Å². The summed E-state index contributed by atoms with van der Waals surface area (Å²) >= 11 is 0. The van der Waals surface area contributed by atoms with E-state index in [1.54, 1.807) is 11.0 Å². The van der Waals surface area contributed by atoms with Crippen LogP contribution in [-0.4, -0.2) is 40.1 Å². The predicted molar refractivity (Wildman–Crippen MR) is 74.9 cm³/mol. The first-order valence-corrected chi connectivity index (χ1v) is 12.8. The monoisotopic (exact) mass is 259 g/mol. The lowest BCUT2D eigenvalue weighted by Crippen LogP contribution is -2.46. The Morgan fingerprint density at radius 3 is 2.06 bits per heavy atom. The Morgan fingerprint density at radius 1 is 1.25 bits per heavy atom. The third-order valence-corrected chi connectivity index (χ3v) is 3.78. The van der Waals surface area contributed by atoms with E-state index in [-0.39, 0.29) is 6.09 Å².